The van der Waals surface area contributed by atoms with E-state index in [-0.39, 0.29) is 12.2 Å². The molecule has 1 aliphatic rings. The minimum Gasteiger partial charge on any atom is -0.491 e. The summed E-state index contributed by atoms with van der Waals surface area (Å²) in [5, 5.41) is 9.95. The van der Waals surface area contributed by atoms with Gasteiger partial charge < -0.3 is 14.6 Å². The minimum atomic E-state index is -0.329. The van der Waals surface area contributed by atoms with E-state index in [0.29, 0.717) is 13.2 Å². The molecule has 0 bridgehead atoms. The van der Waals surface area contributed by atoms with E-state index < -0.39 is 0 Å². The van der Waals surface area contributed by atoms with Crippen molar-refractivity contribution in [1.29, 1.82) is 0 Å². The summed E-state index contributed by atoms with van der Waals surface area (Å²) in [6.07, 6.45) is 2.88. The second-order valence-corrected chi connectivity index (χ2v) is 5.04. The summed E-state index contributed by atoms with van der Waals surface area (Å²) >= 11 is 0. The first kappa shape index (κ1) is 13.4. The van der Waals surface area contributed by atoms with E-state index >= 15 is 0 Å². The molecular formula is C15H22O3. The highest BCUT2D eigenvalue weighted by Gasteiger charge is 2.18. The minimum absolute atomic E-state index is 0.235. The maximum atomic E-state index is 9.95. The van der Waals surface area contributed by atoms with Crippen LogP contribution < -0.4 is 4.74 Å². The van der Waals surface area contributed by atoms with Crippen LogP contribution >= 0.6 is 0 Å². The van der Waals surface area contributed by atoms with Crippen LogP contribution in [0.25, 0.3) is 0 Å². The lowest BCUT2D eigenvalue weighted by Crippen LogP contribution is -2.12. The molecule has 0 aromatic heterocycles. The molecule has 0 spiro atoms. The standard InChI is InChI=1S/C15H22O3/c1-11(2)17-8-9-18-13-7-6-12-4-3-5-15(16)14(12)10-13/h6-7,10-11,15-16H,3-5,8-9H2,1-2H3. The van der Waals surface area contributed by atoms with E-state index in [1.807, 2.05) is 26.0 Å². The Labute approximate surface area is 109 Å². The van der Waals surface area contributed by atoms with Gasteiger partial charge in [0.2, 0.25) is 0 Å². The molecule has 0 saturated carbocycles. The Kier molecular flexibility index (Phi) is 4.61. The monoisotopic (exact) mass is 250 g/mol. The molecule has 0 radical (unpaired) electrons. The van der Waals surface area contributed by atoms with Crippen molar-refractivity contribution in [1.82, 2.24) is 0 Å². The molecule has 1 unspecified atom stereocenters. The molecule has 3 heteroatoms. The van der Waals surface area contributed by atoms with Gasteiger partial charge in [-0.3, -0.25) is 0 Å². The zero-order valence-corrected chi connectivity index (χ0v) is 11.2. The van der Waals surface area contributed by atoms with E-state index in [4.69, 9.17) is 9.47 Å². The van der Waals surface area contributed by atoms with Crippen molar-refractivity contribution in [2.75, 3.05) is 13.2 Å². The number of ether oxygens (including phenoxy) is 2. The maximum absolute atomic E-state index is 9.95. The van der Waals surface area contributed by atoms with Gasteiger partial charge in [0.25, 0.3) is 0 Å². The summed E-state index contributed by atoms with van der Waals surface area (Å²) in [5.41, 5.74) is 2.28. The topological polar surface area (TPSA) is 38.7 Å². The lowest BCUT2D eigenvalue weighted by molar-refractivity contribution is 0.0551. The van der Waals surface area contributed by atoms with Crippen LogP contribution in [0, 0.1) is 0 Å². The molecule has 3 nitrogen and oxygen atoms in total. The number of hydrogen-bond acceptors (Lipinski definition) is 3. The van der Waals surface area contributed by atoms with Crippen LogP contribution in [0.4, 0.5) is 0 Å². The highest BCUT2D eigenvalue weighted by molar-refractivity contribution is 5.38. The van der Waals surface area contributed by atoms with E-state index in [1.165, 1.54) is 5.56 Å². The molecule has 0 amide bonds. The Morgan fingerprint density at radius 3 is 2.94 bits per heavy atom. The Bertz CT molecular complexity index is 387. The number of aryl methyl sites for hydroxylation is 1. The summed E-state index contributed by atoms with van der Waals surface area (Å²) in [4.78, 5) is 0. The average Bonchev–Trinajstić information content (AvgIpc) is 2.35. The number of aliphatic hydroxyl groups excluding tert-OH is 1. The van der Waals surface area contributed by atoms with Crippen molar-refractivity contribution in [3.63, 3.8) is 0 Å². The van der Waals surface area contributed by atoms with Gasteiger partial charge in [0.15, 0.2) is 0 Å². The summed E-state index contributed by atoms with van der Waals surface area (Å²) in [6.45, 7) is 5.16. The molecule has 0 heterocycles. The molecule has 1 aromatic carbocycles. The average molecular weight is 250 g/mol. The summed E-state index contributed by atoms with van der Waals surface area (Å²) < 4.78 is 11.1. The number of benzene rings is 1. The van der Waals surface area contributed by atoms with Crippen LogP contribution in [0.1, 0.15) is 43.9 Å². The smallest absolute Gasteiger partial charge is 0.119 e. The lowest BCUT2D eigenvalue weighted by Gasteiger charge is -2.22. The predicted molar refractivity (Wildman–Crippen MR) is 70.9 cm³/mol. The Morgan fingerprint density at radius 1 is 1.33 bits per heavy atom. The molecule has 1 N–H and O–H groups in total. The second-order valence-electron chi connectivity index (χ2n) is 5.04. The van der Waals surface area contributed by atoms with Gasteiger partial charge in [-0.05, 0) is 56.4 Å². The van der Waals surface area contributed by atoms with Gasteiger partial charge in [-0.15, -0.1) is 0 Å². The molecule has 1 aromatic rings. The van der Waals surface area contributed by atoms with Crippen LogP contribution in [0.5, 0.6) is 5.75 Å². The van der Waals surface area contributed by atoms with Crippen molar-refractivity contribution in [2.45, 2.75) is 45.3 Å². The molecule has 18 heavy (non-hydrogen) atoms. The van der Waals surface area contributed by atoms with Gasteiger partial charge in [-0.2, -0.15) is 0 Å². The fourth-order valence-corrected chi connectivity index (χ4v) is 2.29. The Hall–Kier alpha value is -1.06. The zero-order valence-electron chi connectivity index (χ0n) is 11.2. The molecular weight excluding hydrogens is 228 g/mol. The molecule has 0 aliphatic heterocycles. The Balaban J connectivity index is 1.92. The summed E-state index contributed by atoms with van der Waals surface area (Å²) in [5.74, 6) is 0.821. The fourth-order valence-electron chi connectivity index (χ4n) is 2.29. The van der Waals surface area contributed by atoms with Crippen LogP contribution in [0.15, 0.2) is 18.2 Å². The van der Waals surface area contributed by atoms with Gasteiger partial charge in [0, 0.05) is 0 Å². The first-order chi connectivity index (χ1) is 8.66. The number of aliphatic hydroxyl groups is 1. The highest BCUT2D eigenvalue weighted by atomic mass is 16.5. The van der Waals surface area contributed by atoms with Crippen molar-refractivity contribution in [3.8, 4) is 5.75 Å². The third-order valence-corrected chi connectivity index (χ3v) is 3.20. The maximum Gasteiger partial charge on any atom is 0.119 e. The van der Waals surface area contributed by atoms with Gasteiger partial charge in [-0.25, -0.2) is 0 Å². The molecule has 1 atom stereocenters. The SMILES string of the molecule is CC(C)OCCOc1ccc2c(c1)C(O)CCC2. The number of rotatable bonds is 5. The summed E-state index contributed by atoms with van der Waals surface area (Å²) in [6, 6.07) is 6.01. The fraction of sp³-hybridized carbons (Fsp3) is 0.600. The van der Waals surface area contributed by atoms with Gasteiger partial charge in [-0.1, -0.05) is 6.07 Å². The molecule has 0 saturated heterocycles. The second kappa shape index (κ2) is 6.21. The third-order valence-electron chi connectivity index (χ3n) is 3.20. The van der Waals surface area contributed by atoms with E-state index in [2.05, 4.69) is 6.07 Å². The molecule has 0 fully saturated rings. The highest BCUT2D eigenvalue weighted by Crippen LogP contribution is 2.32. The first-order valence-electron chi connectivity index (χ1n) is 6.72. The predicted octanol–water partition coefficient (Wildman–Crippen LogP) is 2.86. The van der Waals surface area contributed by atoms with Gasteiger partial charge in [0.05, 0.1) is 18.8 Å². The first-order valence-corrected chi connectivity index (χ1v) is 6.72. The molecule has 100 valence electrons. The van der Waals surface area contributed by atoms with Crippen molar-refractivity contribution < 1.29 is 14.6 Å². The van der Waals surface area contributed by atoms with Gasteiger partial charge >= 0.3 is 0 Å². The summed E-state index contributed by atoms with van der Waals surface area (Å²) in [7, 11) is 0. The number of hydrogen-bond donors (Lipinski definition) is 1. The molecule has 1 aliphatic carbocycles. The normalized spacial score (nSPS) is 18.8. The quantitative estimate of drug-likeness (QED) is 0.817. The van der Waals surface area contributed by atoms with Crippen LogP contribution in [0.2, 0.25) is 0 Å². The third kappa shape index (κ3) is 3.47. The van der Waals surface area contributed by atoms with E-state index in [9.17, 15) is 5.11 Å². The van der Waals surface area contributed by atoms with Crippen LogP contribution in [0.3, 0.4) is 0 Å². The van der Waals surface area contributed by atoms with Crippen molar-refractivity contribution in [3.05, 3.63) is 29.3 Å². The van der Waals surface area contributed by atoms with Crippen molar-refractivity contribution in [2.24, 2.45) is 0 Å². The largest absolute Gasteiger partial charge is 0.491 e. The van der Waals surface area contributed by atoms with Crippen molar-refractivity contribution >= 4 is 0 Å². The zero-order chi connectivity index (χ0) is 13.0. The molecule has 2 rings (SSSR count). The van der Waals surface area contributed by atoms with Crippen LogP contribution in [-0.2, 0) is 11.2 Å². The van der Waals surface area contributed by atoms with E-state index in [1.54, 1.807) is 0 Å². The number of fused-ring (bicyclic) bond motifs is 1. The van der Waals surface area contributed by atoms with Crippen LogP contribution in [-0.4, -0.2) is 24.4 Å². The Morgan fingerprint density at radius 2 is 2.17 bits per heavy atom. The van der Waals surface area contributed by atoms with E-state index in [0.717, 1.165) is 30.6 Å². The van der Waals surface area contributed by atoms with Gasteiger partial charge in [0.1, 0.15) is 12.4 Å². The lowest BCUT2D eigenvalue weighted by atomic mass is 9.89.